The van der Waals surface area contributed by atoms with E-state index in [0.717, 1.165) is 0 Å². The monoisotopic (exact) mass is 273 g/mol. The number of hydrogen-bond acceptors (Lipinski definition) is 4. The van der Waals surface area contributed by atoms with Gasteiger partial charge in [0.2, 0.25) is 0 Å². The summed E-state index contributed by atoms with van der Waals surface area (Å²) in [7, 11) is -1.76. The Hall–Kier alpha value is -0.920. The van der Waals surface area contributed by atoms with Crippen molar-refractivity contribution in [3.05, 3.63) is 12.0 Å². The fraction of sp³-hybridized carbons (Fsp3) is 0.727. The van der Waals surface area contributed by atoms with E-state index in [4.69, 9.17) is 0 Å². The molecule has 1 aromatic heterocycles. The van der Waals surface area contributed by atoms with E-state index in [-0.39, 0.29) is 23.5 Å². The van der Waals surface area contributed by atoms with Gasteiger partial charge in [-0.3, -0.25) is 0 Å². The van der Waals surface area contributed by atoms with E-state index in [2.05, 4.69) is 4.98 Å². The van der Waals surface area contributed by atoms with Crippen LogP contribution in [-0.2, 0) is 17.1 Å². The number of hydrogen-bond donors (Lipinski definition) is 1. The average molecular weight is 273 g/mol. The Bertz CT molecular complexity index is 518. The highest BCUT2D eigenvalue weighted by molar-refractivity contribution is 7.89. The van der Waals surface area contributed by atoms with Crippen LogP contribution in [0.3, 0.4) is 0 Å². The van der Waals surface area contributed by atoms with Crippen molar-refractivity contribution in [2.75, 3.05) is 19.7 Å². The summed E-state index contributed by atoms with van der Waals surface area (Å²) in [5, 5.41) is 9.29. The first-order valence-corrected chi connectivity index (χ1v) is 7.41. The summed E-state index contributed by atoms with van der Waals surface area (Å²) in [5.41, 5.74) is 0. The summed E-state index contributed by atoms with van der Waals surface area (Å²) in [6.45, 7) is 4.56. The Labute approximate surface area is 107 Å². The summed E-state index contributed by atoms with van der Waals surface area (Å²) < 4.78 is 27.9. The van der Waals surface area contributed by atoms with Gasteiger partial charge in [-0.2, -0.15) is 4.31 Å². The standard InChI is InChI=1S/C11H19N3O3S/c1-8-4-14(5-10(8)7-15)18(16,17)11-6-13(3)9(2)12-11/h6,8,10,15H,4-5,7H2,1-3H3/t8-,10+/m1/s1. The van der Waals surface area contributed by atoms with E-state index < -0.39 is 10.0 Å². The maximum Gasteiger partial charge on any atom is 0.262 e. The zero-order valence-corrected chi connectivity index (χ0v) is 11.7. The van der Waals surface area contributed by atoms with Crippen LogP contribution in [0.2, 0.25) is 0 Å². The van der Waals surface area contributed by atoms with Crippen molar-refractivity contribution in [2.24, 2.45) is 18.9 Å². The molecule has 1 fully saturated rings. The van der Waals surface area contributed by atoms with E-state index in [1.165, 1.54) is 10.5 Å². The minimum absolute atomic E-state index is 0.0181. The van der Waals surface area contributed by atoms with E-state index in [1.807, 2.05) is 6.92 Å². The second-order valence-corrected chi connectivity index (χ2v) is 6.86. The van der Waals surface area contributed by atoms with Crippen molar-refractivity contribution in [3.63, 3.8) is 0 Å². The highest BCUT2D eigenvalue weighted by Gasteiger charge is 2.37. The SMILES string of the molecule is Cc1nc(S(=O)(=O)N2C[C@@H](CO)[C@H](C)C2)cn1C. The summed E-state index contributed by atoms with van der Waals surface area (Å²) in [6.07, 6.45) is 1.53. The molecule has 2 atom stereocenters. The molecular formula is C11H19N3O3S. The predicted octanol–water partition coefficient (Wildman–Crippen LogP) is -0.0226. The van der Waals surface area contributed by atoms with E-state index in [9.17, 15) is 13.5 Å². The largest absolute Gasteiger partial charge is 0.396 e. The number of aliphatic hydroxyl groups excluding tert-OH is 1. The van der Waals surface area contributed by atoms with Crippen molar-refractivity contribution >= 4 is 10.0 Å². The number of sulfonamides is 1. The average Bonchev–Trinajstić information content (AvgIpc) is 2.84. The minimum atomic E-state index is -3.53. The first-order valence-electron chi connectivity index (χ1n) is 5.97. The molecule has 2 rings (SSSR count). The van der Waals surface area contributed by atoms with Gasteiger partial charge in [-0.25, -0.2) is 13.4 Å². The smallest absolute Gasteiger partial charge is 0.262 e. The van der Waals surface area contributed by atoms with Crippen LogP contribution in [0.15, 0.2) is 11.2 Å². The number of rotatable bonds is 3. The van der Waals surface area contributed by atoms with Gasteiger partial charge >= 0.3 is 0 Å². The number of imidazole rings is 1. The van der Waals surface area contributed by atoms with Crippen LogP contribution >= 0.6 is 0 Å². The number of aromatic nitrogens is 2. The predicted molar refractivity (Wildman–Crippen MR) is 66.4 cm³/mol. The maximum atomic E-state index is 12.4. The lowest BCUT2D eigenvalue weighted by Gasteiger charge is -2.14. The van der Waals surface area contributed by atoms with Crippen LogP contribution in [0.4, 0.5) is 0 Å². The van der Waals surface area contributed by atoms with Crippen LogP contribution in [-0.4, -0.2) is 47.1 Å². The van der Waals surface area contributed by atoms with Gasteiger partial charge < -0.3 is 9.67 Å². The molecule has 6 nitrogen and oxygen atoms in total. The molecule has 1 aliphatic heterocycles. The Morgan fingerprint density at radius 3 is 2.61 bits per heavy atom. The quantitative estimate of drug-likeness (QED) is 0.839. The van der Waals surface area contributed by atoms with Gasteiger partial charge in [0.25, 0.3) is 10.0 Å². The fourth-order valence-corrected chi connectivity index (χ4v) is 3.83. The third-order valence-corrected chi connectivity index (χ3v) is 5.36. The number of aliphatic hydroxyl groups is 1. The van der Waals surface area contributed by atoms with Gasteiger partial charge in [0, 0.05) is 32.9 Å². The maximum absolute atomic E-state index is 12.4. The molecule has 0 saturated carbocycles. The molecule has 0 aliphatic carbocycles. The number of nitrogens with zero attached hydrogens (tertiary/aromatic N) is 3. The van der Waals surface area contributed by atoms with E-state index >= 15 is 0 Å². The molecule has 0 amide bonds. The topological polar surface area (TPSA) is 75.4 Å². The molecule has 1 N–H and O–H groups in total. The second kappa shape index (κ2) is 4.64. The van der Waals surface area contributed by atoms with E-state index in [0.29, 0.717) is 18.9 Å². The molecule has 2 heterocycles. The van der Waals surface area contributed by atoms with Gasteiger partial charge in [-0.05, 0) is 18.8 Å². The highest BCUT2D eigenvalue weighted by Crippen LogP contribution is 2.27. The zero-order chi connectivity index (χ0) is 13.5. The van der Waals surface area contributed by atoms with Crippen LogP contribution < -0.4 is 0 Å². The van der Waals surface area contributed by atoms with Gasteiger partial charge in [0.05, 0.1) is 0 Å². The van der Waals surface area contributed by atoms with Crippen LogP contribution in [0, 0.1) is 18.8 Å². The first kappa shape index (κ1) is 13.5. The Balaban J connectivity index is 2.28. The lowest BCUT2D eigenvalue weighted by molar-refractivity contribution is 0.210. The molecule has 0 spiro atoms. The molecule has 1 saturated heterocycles. The molecule has 0 aromatic carbocycles. The molecule has 18 heavy (non-hydrogen) atoms. The van der Waals surface area contributed by atoms with Crippen LogP contribution in [0.5, 0.6) is 0 Å². The van der Waals surface area contributed by atoms with E-state index in [1.54, 1.807) is 18.5 Å². The zero-order valence-electron chi connectivity index (χ0n) is 10.9. The minimum Gasteiger partial charge on any atom is -0.396 e. The Kier molecular flexibility index (Phi) is 3.48. The molecule has 102 valence electrons. The third kappa shape index (κ3) is 2.17. The summed E-state index contributed by atoms with van der Waals surface area (Å²) in [5.74, 6) is 0.860. The molecule has 0 unspecified atom stereocenters. The van der Waals surface area contributed by atoms with Gasteiger partial charge in [0.1, 0.15) is 5.82 Å². The third-order valence-electron chi connectivity index (χ3n) is 3.66. The van der Waals surface area contributed by atoms with Crippen molar-refractivity contribution in [1.82, 2.24) is 13.9 Å². The van der Waals surface area contributed by atoms with Crippen molar-refractivity contribution < 1.29 is 13.5 Å². The lowest BCUT2D eigenvalue weighted by atomic mass is 10.00. The summed E-state index contributed by atoms with van der Waals surface area (Å²) in [6, 6.07) is 0. The number of aryl methyl sites for hydroxylation is 2. The molecule has 7 heteroatoms. The van der Waals surface area contributed by atoms with Crippen LogP contribution in [0.1, 0.15) is 12.7 Å². The molecule has 1 aliphatic rings. The van der Waals surface area contributed by atoms with Crippen molar-refractivity contribution in [1.29, 1.82) is 0 Å². The molecular weight excluding hydrogens is 254 g/mol. The molecule has 0 radical (unpaired) electrons. The summed E-state index contributed by atoms with van der Waals surface area (Å²) >= 11 is 0. The molecule has 0 bridgehead atoms. The van der Waals surface area contributed by atoms with Crippen molar-refractivity contribution in [2.45, 2.75) is 18.9 Å². The Morgan fingerprint density at radius 1 is 1.50 bits per heavy atom. The van der Waals surface area contributed by atoms with Crippen LogP contribution in [0.25, 0.3) is 0 Å². The lowest BCUT2D eigenvalue weighted by Crippen LogP contribution is -2.29. The highest BCUT2D eigenvalue weighted by atomic mass is 32.2. The summed E-state index contributed by atoms with van der Waals surface area (Å²) in [4.78, 5) is 4.07. The van der Waals surface area contributed by atoms with Gasteiger partial charge in [0.15, 0.2) is 5.03 Å². The van der Waals surface area contributed by atoms with Gasteiger partial charge in [-0.1, -0.05) is 6.92 Å². The van der Waals surface area contributed by atoms with Crippen molar-refractivity contribution in [3.8, 4) is 0 Å². The first-order chi connectivity index (χ1) is 8.36. The Morgan fingerprint density at radius 2 is 2.17 bits per heavy atom. The normalized spacial score (nSPS) is 25.8. The fourth-order valence-electron chi connectivity index (χ4n) is 2.20. The molecule has 1 aromatic rings. The second-order valence-electron chi connectivity index (χ2n) is 4.98. The van der Waals surface area contributed by atoms with Gasteiger partial charge in [-0.15, -0.1) is 0 Å².